The number of Topliss-reactive ketones (excluding diaryl/α,β-unsaturated/α-hetero) is 1. The van der Waals surface area contributed by atoms with Gasteiger partial charge in [0.05, 0.1) is 34.9 Å². The maximum absolute atomic E-state index is 13.7. The second-order valence-corrected chi connectivity index (χ2v) is 12.3. The third kappa shape index (κ3) is 8.20. The fourth-order valence-electron chi connectivity index (χ4n) is 5.77. The molecular formula is C39H32F6N4O3. The summed E-state index contributed by atoms with van der Waals surface area (Å²) in [6, 6.07) is 23.9. The van der Waals surface area contributed by atoms with Gasteiger partial charge in [-0.2, -0.15) is 36.5 Å². The number of nitrogens with one attached hydrogen (secondary N) is 2. The summed E-state index contributed by atoms with van der Waals surface area (Å²) in [4.78, 5) is 13.7. The SMILES string of the molecule is CC(C(=O)C(C)c1cccc(OCc2cn[nH]c2-c2ccc(C(F)(F)F)cc2)c1)c1cccc(OCc2cn[nH]c2-c2ccc(C(F)(F)F)cc2)c1. The largest absolute Gasteiger partial charge is 0.489 e. The molecule has 0 amide bonds. The molecule has 0 saturated heterocycles. The normalized spacial score (nSPS) is 13.1. The maximum Gasteiger partial charge on any atom is 0.416 e. The number of aromatic amines is 2. The monoisotopic (exact) mass is 718 g/mol. The molecule has 0 radical (unpaired) electrons. The van der Waals surface area contributed by atoms with Gasteiger partial charge in [-0.25, -0.2) is 0 Å². The zero-order chi connectivity index (χ0) is 37.0. The number of aromatic nitrogens is 4. The molecule has 13 heteroatoms. The van der Waals surface area contributed by atoms with Crippen LogP contribution in [0.5, 0.6) is 11.5 Å². The van der Waals surface area contributed by atoms with Crippen LogP contribution >= 0.6 is 0 Å². The molecule has 0 fully saturated rings. The molecule has 6 aromatic rings. The number of carbonyl (C=O) groups excluding carboxylic acids is 1. The molecule has 0 spiro atoms. The van der Waals surface area contributed by atoms with Crippen LogP contribution in [0.1, 0.15) is 59.1 Å². The van der Waals surface area contributed by atoms with Gasteiger partial charge in [0.1, 0.15) is 30.5 Å². The summed E-state index contributed by atoms with van der Waals surface area (Å²) in [6.45, 7) is 3.82. The number of hydrogen-bond acceptors (Lipinski definition) is 5. The number of benzene rings is 4. The van der Waals surface area contributed by atoms with Crippen LogP contribution < -0.4 is 9.47 Å². The van der Waals surface area contributed by atoms with E-state index in [1.807, 2.05) is 26.0 Å². The number of hydrogen-bond donors (Lipinski definition) is 2. The lowest BCUT2D eigenvalue weighted by atomic mass is 9.86. The number of nitrogens with zero attached hydrogens (tertiary/aromatic N) is 2. The van der Waals surface area contributed by atoms with E-state index in [-0.39, 0.29) is 19.0 Å². The summed E-state index contributed by atoms with van der Waals surface area (Å²) >= 11 is 0. The Kier molecular flexibility index (Phi) is 10.2. The van der Waals surface area contributed by atoms with E-state index in [0.717, 1.165) is 35.4 Å². The maximum atomic E-state index is 13.7. The van der Waals surface area contributed by atoms with E-state index in [1.54, 1.807) is 48.8 Å². The molecule has 2 unspecified atom stereocenters. The van der Waals surface area contributed by atoms with Gasteiger partial charge in [0, 0.05) is 23.0 Å². The molecule has 6 rings (SSSR count). The Balaban J connectivity index is 1.08. The lowest BCUT2D eigenvalue weighted by molar-refractivity contribution is -0.138. The molecule has 2 heterocycles. The van der Waals surface area contributed by atoms with Gasteiger partial charge >= 0.3 is 12.4 Å². The van der Waals surface area contributed by atoms with E-state index in [0.29, 0.717) is 45.1 Å². The fraction of sp³-hybridized carbons (Fsp3) is 0.205. The molecule has 4 aromatic carbocycles. The van der Waals surface area contributed by atoms with E-state index < -0.39 is 35.3 Å². The van der Waals surface area contributed by atoms with Crippen LogP contribution in [0.25, 0.3) is 22.5 Å². The van der Waals surface area contributed by atoms with Crippen LogP contribution in [0.15, 0.2) is 109 Å². The average Bonchev–Trinajstić information content (AvgIpc) is 3.82. The minimum Gasteiger partial charge on any atom is -0.489 e. The van der Waals surface area contributed by atoms with Crippen molar-refractivity contribution in [3.8, 4) is 34.0 Å². The van der Waals surface area contributed by atoms with Gasteiger partial charge in [-0.1, -0.05) is 62.4 Å². The summed E-state index contributed by atoms with van der Waals surface area (Å²) in [6.07, 6.45) is -5.77. The number of ketones is 1. The second-order valence-electron chi connectivity index (χ2n) is 12.3. The Morgan fingerprint density at radius 1 is 0.615 bits per heavy atom. The summed E-state index contributed by atoms with van der Waals surface area (Å²) in [5.41, 5.74) is 3.43. The number of halogens is 6. The summed E-state index contributed by atoms with van der Waals surface area (Å²) in [7, 11) is 0. The zero-order valence-corrected chi connectivity index (χ0v) is 27.8. The lowest BCUT2D eigenvalue weighted by Gasteiger charge is -2.18. The average molecular weight is 719 g/mol. The Hall–Kier alpha value is -5.85. The molecule has 0 aliphatic carbocycles. The second kappa shape index (κ2) is 14.8. The van der Waals surface area contributed by atoms with Gasteiger partial charge in [0.2, 0.25) is 0 Å². The standard InChI is InChI=1S/C39H32F6N4O3/c1-23(27-5-3-7-33(17-27)51-21-29-19-46-48-35(29)25-9-13-31(14-10-25)38(40,41)42)37(50)24(2)28-6-4-8-34(18-28)52-22-30-20-47-49-36(30)26-11-15-32(16-12-26)39(43,44)45/h3-20,23-24H,21-22H2,1-2H3,(H,46,48)(H,47,49). The number of H-pyrrole nitrogens is 2. The van der Waals surface area contributed by atoms with Gasteiger partial charge in [-0.15, -0.1) is 0 Å². The van der Waals surface area contributed by atoms with E-state index in [2.05, 4.69) is 20.4 Å². The molecule has 2 aromatic heterocycles. The molecular weight excluding hydrogens is 686 g/mol. The first-order valence-corrected chi connectivity index (χ1v) is 16.2. The topological polar surface area (TPSA) is 92.9 Å². The molecule has 2 atom stereocenters. The first-order valence-electron chi connectivity index (χ1n) is 16.2. The first-order chi connectivity index (χ1) is 24.8. The van der Waals surface area contributed by atoms with E-state index in [9.17, 15) is 31.1 Å². The highest BCUT2D eigenvalue weighted by atomic mass is 19.4. The number of carbonyl (C=O) groups is 1. The highest BCUT2D eigenvalue weighted by Gasteiger charge is 2.31. The van der Waals surface area contributed by atoms with Crippen molar-refractivity contribution in [3.05, 3.63) is 143 Å². The minimum absolute atomic E-state index is 0.0341. The first kappa shape index (κ1) is 36.0. The van der Waals surface area contributed by atoms with Crippen molar-refractivity contribution in [3.63, 3.8) is 0 Å². The number of rotatable bonds is 12. The molecule has 0 aliphatic rings. The summed E-state index contributed by atoms with van der Waals surface area (Å²) < 4.78 is 90.1. The zero-order valence-electron chi connectivity index (χ0n) is 27.8. The van der Waals surface area contributed by atoms with Crippen molar-refractivity contribution < 1.29 is 40.6 Å². The van der Waals surface area contributed by atoms with Crippen LogP contribution in [0.4, 0.5) is 26.3 Å². The third-order valence-electron chi connectivity index (χ3n) is 8.80. The van der Waals surface area contributed by atoms with Crippen molar-refractivity contribution in [1.82, 2.24) is 20.4 Å². The molecule has 7 nitrogen and oxygen atoms in total. The van der Waals surface area contributed by atoms with Gasteiger partial charge in [0.25, 0.3) is 0 Å². The van der Waals surface area contributed by atoms with Crippen molar-refractivity contribution in [1.29, 1.82) is 0 Å². The highest BCUT2D eigenvalue weighted by molar-refractivity contribution is 5.91. The predicted molar refractivity (Wildman–Crippen MR) is 181 cm³/mol. The van der Waals surface area contributed by atoms with Crippen molar-refractivity contribution in [2.75, 3.05) is 0 Å². The van der Waals surface area contributed by atoms with Crippen LogP contribution in [0.3, 0.4) is 0 Å². The molecule has 0 bridgehead atoms. The van der Waals surface area contributed by atoms with Gasteiger partial charge in [0.15, 0.2) is 0 Å². The molecule has 2 N–H and O–H groups in total. The molecule has 52 heavy (non-hydrogen) atoms. The van der Waals surface area contributed by atoms with Crippen molar-refractivity contribution >= 4 is 5.78 Å². The highest BCUT2D eigenvalue weighted by Crippen LogP contribution is 2.34. The fourth-order valence-corrected chi connectivity index (χ4v) is 5.77. The van der Waals surface area contributed by atoms with Gasteiger partial charge in [-0.3, -0.25) is 15.0 Å². The van der Waals surface area contributed by atoms with Crippen molar-refractivity contribution in [2.24, 2.45) is 0 Å². The number of alkyl halides is 6. The smallest absolute Gasteiger partial charge is 0.416 e. The Morgan fingerprint density at radius 2 is 1.00 bits per heavy atom. The summed E-state index contributed by atoms with van der Waals surface area (Å²) in [5.74, 6) is 0.00599. The van der Waals surface area contributed by atoms with E-state index in [4.69, 9.17) is 9.47 Å². The molecule has 0 saturated carbocycles. The van der Waals surface area contributed by atoms with Crippen LogP contribution in [0, 0.1) is 0 Å². The Bertz CT molecular complexity index is 1990. The lowest BCUT2D eigenvalue weighted by Crippen LogP contribution is -2.16. The Labute approximate surface area is 294 Å². The van der Waals surface area contributed by atoms with Crippen LogP contribution in [-0.2, 0) is 30.4 Å². The van der Waals surface area contributed by atoms with Crippen molar-refractivity contribution in [2.45, 2.75) is 51.2 Å². The third-order valence-corrected chi connectivity index (χ3v) is 8.80. The van der Waals surface area contributed by atoms with Gasteiger partial charge in [-0.05, 0) is 70.8 Å². The molecule has 268 valence electrons. The Morgan fingerprint density at radius 3 is 1.37 bits per heavy atom. The van der Waals surface area contributed by atoms with E-state index >= 15 is 0 Å². The number of ether oxygens (including phenoxy) is 2. The van der Waals surface area contributed by atoms with Crippen LogP contribution in [0.2, 0.25) is 0 Å². The molecule has 0 aliphatic heterocycles. The summed E-state index contributed by atoms with van der Waals surface area (Å²) in [5, 5.41) is 13.7. The van der Waals surface area contributed by atoms with Crippen LogP contribution in [-0.4, -0.2) is 26.2 Å². The predicted octanol–water partition coefficient (Wildman–Crippen LogP) is 10.1. The van der Waals surface area contributed by atoms with Gasteiger partial charge < -0.3 is 9.47 Å². The van der Waals surface area contributed by atoms with E-state index in [1.165, 1.54) is 24.3 Å². The quantitative estimate of drug-likeness (QED) is 0.123. The minimum atomic E-state index is -4.44.